The molecule has 0 aromatic heterocycles. The van der Waals surface area contributed by atoms with Gasteiger partial charge in [0.2, 0.25) is 11.8 Å². The van der Waals surface area contributed by atoms with Crippen molar-refractivity contribution in [2.24, 2.45) is 17.8 Å². The summed E-state index contributed by atoms with van der Waals surface area (Å²) in [6.07, 6.45) is 0. The molecule has 2 saturated heterocycles. The van der Waals surface area contributed by atoms with Crippen LogP contribution >= 0.6 is 0 Å². The van der Waals surface area contributed by atoms with Crippen LogP contribution in [-0.2, 0) is 16.1 Å². The second kappa shape index (κ2) is 5.26. The second-order valence-corrected chi connectivity index (χ2v) is 6.52. The van der Waals surface area contributed by atoms with Crippen LogP contribution in [0.3, 0.4) is 0 Å². The summed E-state index contributed by atoms with van der Waals surface area (Å²) in [6.45, 7) is 5.78. The van der Waals surface area contributed by atoms with Crippen LogP contribution in [0.2, 0.25) is 0 Å². The van der Waals surface area contributed by atoms with E-state index in [0.717, 1.165) is 6.54 Å². The predicted octanol–water partition coefficient (Wildman–Crippen LogP) is 1.76. The van der Waals surface area contributed by atoms with Gasteiger partial charge in [-0.2, -0.15) is 0 Å². The fraction of sp³-hybridized carbons (Fsp3) is 0.529. The molecule has 112 valence electrons. The molecule has 21 heavy (non-hydrogen) atoms. The Morgan fingerprint density at radius 1 is 1.14 bits per heavy atom. The molecule has 2 amide bonds. The minimum atomic E-state index is -0.161. The molecule has 0 saturated carbocycles. The molecule has 0 radical (unpaired) electrons. The van der Waals surface area contributed by atoms with Crippen LogP contribution in [-0.4, -0.2) is 41.2 Å². The standard InChI is InChI=1S/C17H22N2O2/c1-11(2)15-14-13(16(20)18(3)17(14)21)10-19(15)9-12-7-5-4-6-8-12/h4-8,11,13-15H,9-10H2,1-3H3/t13-,14-,15+/m0/s1. The first-order valence-electron chi connectivity index (χ1n) is 7.60. The van der Waals surface area contributed by atoms with Gasteiger partial charge in [-0.05, 0) is 11.5 Å². The summed E-state index contributed by atoms with van der Waals surface area (Å²) >= 11 is 0. The average molecular weight is 286 g/mol. The molecule has 1 aromatic carbocycles. The number of fused-ring (bicyclic) bond motifs is 1. The molecule has 0 bridgehead atoms. The number of carbonyl (C=O) groups is 2. The molecule has 2 fully saturated rings. The first kappa shape index (κ1) is 14.3. The second-order valence-electron chi connectivity index (χ2n) is 6.52. The van der Waals surface area contributed by atoms with Crippen LogP contribution < -0.4 is 0 Å². The van der Waals surface area contributed by atoms with Gasteiger partial charge in [0, 0.05) is 26.2 Å². The Morgan fingerprint density at radius 2 is 1.81 bits per heavy atom. The Kier molecular flexibility index (Phi) is 3.57. The molecule has 4 nitrogen and oxygen atoms in total. The summed E-state index contributed by atoms with van der Waals surface area (Å²) in [5.41, 5.74) is 1.23. The van der Waals surface area contributed by atoms with Crippen molar-refractivity contribution in [3.63, 3.8) is 0 Å². The topological polar surface area (TPSA) is 40.6 Å². The highest BCUT2D eigenvalue weighted by Crippen LogP contribution is 2.41. The van der Waals surface area contributed by atoms with Gasteiger partial charge in [0.15, 0.2) is 0 Å². The first-order chi connectivity index (χ1) is 10.0. The molecule has 1 aromatic rings. The lowest BCUT2D eigenvalue weighted by Crippen LogP contribution is -2.41. The van der Waals surface area contributed by atoms with Crippen LogP contribution in [0.5, 0.6) is 0 Å². The summed E-state index contributed by atoms with van der Waals surface area (Å²) in [4.78, 5) is 28.3. The number of hydrogen-bond donors (Lipinski definition) is 0. The van der Waals surface area contributed by atoms with Crippen LogP contribution in [0.4, 0.5) is 0 Å². The molecule has 3 rings (SSSR count). The van der Waals surface area contributed by atoms with Gasteiger partial charge in [-0.3, -0.25) is 19.4 Å². The van der Waals surface area contributed by atoms with Crippen molar-refractivity contribution in [1.82, 2.24) is 9.80 Å². The Hall–Kier alpha value is -1.68. The minimum absolute atomic E-state index is 0.000684. The molecule has 0 N–H and O–H groups in total. The monoisotopic (exact) mass is 286 g/mol. The maximum atomic E-state index is 12.4. The van der Waals surface area contributed by atoms with Crippen LogP contribution in [0.25, 0.3) is 0 Å². The molecular weight excluding hydrogens is 264 g/mol. The van der Waals surface area contributed by atoms with Crippen molar-refractivity contribution in [3.8, 4) is 0 Å². The Morgan fingerprint density at radius 3 is 2.43 bits per heavy atom. The van der Waals surface area contributed by atoms with Crippen molar-refractivity contribution in [2.75, 3.05) is 13.6 Å². The molecule has 0 aliphatic carbocycles. The van der Waals surface area contributed by atoms with E-state index >= 15 is 0 Å². The van der Waals surface area contributed by atoms with Crippen molar-refractivity contribution < 1.29 is 9.59 Å². The molecule has 4 heteroatoms. The third-order valence-electron chi connectivity index (χ3n) is 4.83. The van der Waals surface area contributed by atoms with E-state index in [4.69, 9.17) is 0 Å². The van der Waals surface area contributed by atoms with Gasteiger partial charge in [-0.15, -0.1) is 0 Å². The van der Waals surface area contributed by atoms with Crippen molar-refractivity contribution in [1.29, 1.82) is 0 Å². The minimum Gasteiger partial charge on any atom is -0.294 e. The summed E-state index contributed by atoms with van der Waals surface area (Å²) in [6, 6.07) is 10.4. The molecule has 2 aliphatic rings. The number of carbonyl (C=O) groups excluding carboxylic acids is 2. The van der Waals surface area contributed by atoms with Crippen LogP contribution in [0.1, 0.15) is 19.4 Å². The third kappa shape index (κ3) is 2.27. The molecule has 3 atom stereocenters. The number of hydrogen-bond acceptors (Lipinski definition) is 3. The largest absolute Gasteiger partial charge is 0.294 e. The summed E-state index contributed by atoms with van der Waals surface area (Å²) in [7, 11) is 1.61. The summed E-state index contributed by atoms with van der Waals surface area (Å²) < 4.78 is 0. The van der Waals surface area contributed by atoms with E-state index in [9.17, 15) is 9.59 Å². The van der Waals surface area contributed by atoms with Crippen LogP contribution in [0.15, 0.2) is 30.3 Å². The Bertz CT molecular complexity index is 555. The summed E-state index contributed by atoms with van der Waals surface area (Å²) in [5.74, 6) is 0.0299. The number of amides is 2. The third-order valence-corrected chi connectivity index (χ3v) is 4.83. The highest BCUT2D eigenvalue weighted by Gasteiger charge is 2.56. The van der Waals surface area contributed by atoms with Gasteiger partial charge in [0.1, 0.15) is 0 Å². The number of imide groups is 1. The van der Waals surface area contributed by atoms with E-state index in [1.165, 1.54) is 10.5 Å². The van der Waals surface area contributed by atoms with Crippen molar-refractivity contribution in [3.05, 3.63) is 35.9 Å². The SMILES string of the molecule is CC(C)[C@@H]1[C@H]2C(=O)N(C)C(=O)[C@H]2CN1Cc1ccccc1. The normalized spacial score (nSPS) is 29.5. The van der Waals surface area contributed by atoms with Gasteiger partial charge in [0.05, 0.1) is 11.8 Å². The Labute approximate surface area is 125 Å². The van der Waals surface area contributed by atoms with E-state index in [0.29, 0.717) is 12.5 Å². The van der Waals surface area contributed by atoms with Gasteiger partial charge in [0.25, 0.3) is 0 Å². The molecule has 2 heterocycles. The molecule has 0 unspecified atom stereocenters. The van der Waals surface area contributed by atoms with E-state index in [1.807, 2.05) is 18.2 Å². The number of rotatable bonds is 3. The fourth-order valence-corrected chi connectivity index (χ4v) is 3.91. The lowest BCUT2D eigenvalue weighted by molar-refractivity contribution is -0.139. The zero-order chi connectivity index (χ0) is 15.1. The number of benzene rings is 1. The number of nitrogens with zero attached hydrogens (tertiary/aromatic N) is 2. The molecule has 0 spiro atoms. The van der Waals surface area contributed by atoms with E-state index in [2.05, 4.69) is 30.9 Å². The molecular formula is C17H22N2O2. The zero-order valence-corrected chi connectivity index (χ0v) is 12.8. The smallest absolute Gasteiger partial charge is 0.234 e. The lowest BCUT2D eigenvalue weighted by Gasteiger charge is -2.31. The molecule has 2 aliphatic heterocycles. The van der Waals surface area contributed by atoms with Gasteiger partial charge in [-0.25, -0.2) is 0 Å². The highest BCUT2D eigenvalue weighted by atomic mass is 16.2. The maximum Gasteiger partial charge on any atom is 0.234 e. The average Bonchev–Trinajstić information content (AvgIpc) is 2.93. The van der Waals surface area contributed by atoms with Crippen LogP contribution in [0, 0.1) is 17.8 Å². The highest BCUT2D eigenvalue weighted by molar-refractivity contribution is 6.05. The van der Waals surface area contributed by atoms with Gasteiger partial charge in [-0.1, -0.05) is 44.2 Å². The number of likely N-dealkylation sites (tertiary alicyclic amines) is 2. The maximum absolute atomic E-state index is 12.4. The van der Waals surface area contributed by atoms with E-state index < -0.39 is 0 Å². The van der Waals surface area contributed by atoms with Gasteiger partial charge >= 0.3 is 0 Å². The predicted molar refractivity (Wildman–Crippen MR) is 80.2 cm³/mol. The van der Waals surface area contributed by atoms with E-state index in [-0.39, 0.29) is 29.7 Å². The van der Waals surface area contributed by atoms with Gasteiger partial charge < -0.3 is 0 Å². The van der Waals surface area contributed by atoms with Crippen molar-refractivity contribution in [2.45, 2.75) is 26.4 Å². The Balaban J connectivity index is 1.86. The zero-order valence-electron chi connectivity index (χ0n) is 12.8. The fourth-order valence-electron chi connectivity index (χ4n) is 3.91. The van der Waals surface area contributed by atoms with E-state index in [1.54, 1.807) is 7.05 Å². The lowest BCUT2D eigenvalue weighted by atomic mass is 9.87. The van der Waals surface area contributed by atoms with Crippen molar-refractivity contribution >= 4 is 11.8 Å². The quantitative estimate of drug-likeness (QED) is 0.795. The summed E-state index contributed by atoms with van der Waals surface area (Å²) in [5, 5.41) is 0. The first-order valence-corrected chi connectivity index (χ1v) is 7.60.